The Morgan fingerprint density at radius 1 is 0.701 bits per heavy atom. The number of hydrogen-bond acceptors (Lipinski definition) is 12. The SMILES string of the molecule is COc1cnc(Sc2cc(-c3cnn(C4CCN(C)CC4)c3C)cn3c2c(C#N)c[n+]3Cc2cnc(Sc3cc(-c4cnn(C5CCN(C)CC5)c4C)cn4ncc(C#N)c34)c(F)c2)c(F)c1. The molecule has 0 saturated carbocycles. The molecule has 0 aromatic carbocycles. The number of likely N-dealkylation sites (tertiary alicyclic amines) is 2. The molecule has 10 rings (SSSR count). The lowest BCUT2D eigenvalue weighted by molar-refractivity contribution is -0.752. The molecule has 0 aliphatic carbocycles. The van der Waals surface area contributed by atoms with Crippen LogP contribution in [0, 0.1) is 48.1 Å². The van der Waals surface area contributed by atoms with Gasteiger partial charge in [0.2, 0.25) is 6.20 Å². The summed E-state index contributed by atoms with van der Waals surface area (Å²) in [7, 11) is 5.72. The second-order valence-electron chi connectivity index (χ2n) is 17.3. The van der Waals surface area contributed by atoms with E-state index in [0.29, 0.717) is 49.3 Å². The third-order valence-electron chi connectivity index (χ3n) is 13.1. The van der Waals surface area contributed by atoms with Gasteiger partial charge in [0.05, 0.1) is 61.3 Å². The van der Waals surface area contributed by atoms with Crippen molar-refractivity contribution in [3.63, 3.8) is 0 Å². The van der Waals surface area contributed by atoms with Gasteiger partial charge in [0.25, 0.3) is 0 Å². The molecule has 8 aromatic heterocycles. The van der Waals surface area contributed by atoms with E-state index in [1.54, 1.807) is 16.9 Å². The molecule has 2 aliphatic rings. The molecule has 0 amide bonds. The van der Waals surface area contributed by atoms with Crippen molar-refractivity contribution in [2.24, 2.45) is 0 Å². The second kappa shape index (κ2) is 18.2. The van der Waals surface area contributed by atoms with Gasteiger partial charge in [-0.1, -0.05) is 23.5 Å². The van der Waals surface area contributed by atoms with Crippen molar-refractivity contribution in [3.05, 3.63) is 114 Å². The van der Waals surface area contributed by atoms with Crippen molar-refractivity contribution in [3.8, 4) is 40.1 Å². The number of fused-ring (bicyclic) bond motifs is 2. The molecule has 19 heteroatoms. The Labute approximate surface area is 394 Å². The molecule has 10 heterocycles. The zero-order valence-corrected chi connectivity index (χ0v) is 39.3. The lowest BCUT2D eigenvalue weighted by atomic mass is 10.0. The van der Waals surface area contributed by atoms with Gasteiger partial charge in [-0.2, -0.15) is 25.8 Å². The van der Waals surface area contributed by atoms with Gasteiger partial charge >= 0.3 is 0 Å². The van der Waals surface area contributed by atoms with E-state index in [1.165, 1.54) is 31.6 Å². The summed E-state index contributed by atoms with van der Waals surface area (Å²) in [6.45, 7) is 8.26. The van der Waals surface area contributed by atoms with Crippen molar-refractivity contribution in [2.75, 3.05) is 47.4 Å². The summed E-state index contributed by atoms with van der Waals surface area (Å²) >= 11 is 2.24. The average Bonchev–Trinajstić information content (AvgIpc) is 4.12. The first-order valence-corrected chi connectivity index (χ1v) is 23.7. The fourth-order valence-corrected chi connectivity index (χ4v) is 11.3. The highest BCUT2D eigenvalue weighted by molar-refractivity contribution is 7.99. The zero-order valence-electron chi connectivity index (χ0n) is 37.7. The Balaban J connectivity index is 0.997. The molecule has 2 aliphatic heterocycles. The third-order valence-corrected chi connectivity index (χ3v) is 15.1. The fraction of sp³-hybridized carbons (Fsp3) is 0.333. The maximum Gasteiger partial charge on any atom is 0.214 e. The minimum absolute atomic E-state index is 0.119. The normalized spacial score (nSPS) is 15.4. The molecule has 0 atom stereocenters. The molecular formula is C48H47F2N14OS2+. The van der Waals surface area contributed by atoms with Crippen LogP contribution in [0.4, 0.5) is 8.78 Å². The Hall–Kier alpha value is -6.64. The van der Waals surface area contributed by atoms with Gasteiger partial charge in [0, 0.05) is 67.5 Å². The van der Waals surface area contributed by atoms with E-state index < -0.39 is 11.6 Å². The quantitative estimate of drug-likeness (QED) is 0.116. The van der Waals surface area contributed by atoms with Gasteiger partial charge in [-0.25, -0.2) is 23.3 Å². The van der Waals surface area contributed by atoms with Crippen molar-refractivity contribution < 1.29 is 18.2 Å². The van der Waals surface area contributed by atoms with Crippen LogP contribution in [0.1, 0.15) is 65.8 Å². The number of pyridine rings is 4. The summed E-state index contributed by atoms with van der Waals surface area (Å²) < 4.78 is 46.7. The molecule has 0 N–H and O–H groups in total. The van der Waals surface area contributed by atoms with Crippen molar-refractivity contribution in [2.45, 2.75) is 78.0 Å². The first-order chi connectivity index (χ1) is 32.5. The molecule has 0 radical (unpaired) electrons. The van der Waals surface area contributed by atoms with E-state index in [4.69, 9.17) is 14.9 Å². The van der Waals surface area contributed by atoms with Crippen molar-refractivity contribution in [1.82, 2.24) is 53.5 Å². The number of methoxy groups -OCH3 is 1. The molecule has 8 aromatic rings. The number of piperidine rings is 2. The van der Waals surface area contributed by atoms with Gasteiger partial charge < -0.3 is 14.5 Å². The highest BCUT2D eigenvalue weighted by Crippen LogP contribution is 2.40. The average molecular weight is 938 g/mol. The molecule has 0 bridgehead atoms. The Kier molecular flexibility index (Phi) is 12.0. The molecule has 2 fully saturated rings. The van der Waals surface area contributed by atoms with Gasteiger partial charge in [-0.3, -0.25) is 9.36 Å². The number of nitrogens with zero attached hydrogens (tertiary/aromatic N) is 14. The molecular weight excluding hydrogens is 891 g/mol. The molecule has 2 saturated heterocycles. The van der Waals surface area contributed by atoms with Crippen LogP contribution >= 0.6 is 23.5 Å². The molecule has 0 spiro atoms. The summed E-state index contributed by atoms with van der Waals surface area (Å²) in [6.07, 6.45) is 17.8. The molecule has 67 heavy (non-hydrogen) atoms. The van der Waals surface area contributed by atoms with Gasteiger partial charge in [-0.05, 0) is 98.0 Å². The van der Waals surface area contributed by atoms with Crippen LogP contribution in [-0.2, 0) is 6.54 Å². The van der Waals surface area contributed by atoms with Gasteiger partial charge in [0.15, 0.2) is 18.2 Å². The third kappa shape index (κ3) is 8.41. The Morgan fingerprint density at radius 3 is 1.81 bits per heavy atom. The van der Waals surface area contributed by atoms with Crippen LogP contribution in [0.2, 0.25) is 0 Å². The first-order valence-electron chi connectivity index (χ1n) is 22.1. The monoisotopic (exact) mass is 937 g/mol. The Morgan fingerprint density at radius 2 is 1.25 bits per heavy atom. The summed E-state index contributed by atoms with van der Waals surface area (Å²) in [4.78, 5) is 14.9. The van der Waals surface area contributed by atoms with Crippen LogP contribution < -0.4 is 9.42 Å². The zero-order chi connectivity index (χ0) is 46.5. The summed E-state index contributed by atoms with van der Waals surface area (Å²) in [5.41, 5.74) is 7.85. The molecule has 15 nitrogen and oxygen atoms in total. The first kappa shape index (κ1) is 44.2. The van der Waals surface area contributed by atoms with E-state index in [2.05, 4.69) is 74.3 Å². The smallest absolute Gasteiger partial charge is 0.214 e. The van der Waals surface area contributed by atoms with E-state index in [-0.39, 0.29) is 22.6 Å². The predicted octanol–water partition coefficient (Wildman–Crippen LogP) is 7.92. The minimum atomic E-state index is -0.560. The number of hydrogen-bond donors (Lipinski definition) is 0. The van der Waals surface area contributed by atoms with Crippen molar-refractivity contribution >= 4 is 34.6 Å². The lowest BCUT2D eigenvalue weighted by Crippen LogP contribution is -2.39. The number of nitriles is 2. The maximum atomic E-state index is 16.4. The number of aromatic nitrogens is 10. The Bertz CT molecular complexity index is 3270. The van der Waals surface area contributed by atoms with Crippen LogP contribution in [0.5, 0.6) is 5.75 Å². The number of halogens is 2. The van der Waals surface area contributed by atoms with E-state index in [9.17, 15) is 10.5 Å². The highest BCUT2D eigenvalue weighted by atomic mass is 32.2. The number of ether oxygens (including phenoxy) is 1. The number of rotatable bonds is 11. The van der Waals surface area contributed by atoms with Crippen molar-refractivity contribution in [1.29, 1.82) is 10.5 Å². The molecule has 340 valence electrons. The summed E-state index contributed by atoms with van der Waals surface area (Å²) in [5.74, 6) is -0.819. The van der Waals surface area contributed by atoms with Gasteiger partial charge in [0.1, 0.15) is 39.0 Å². The minimum Gasteiger partial charge on any atom is -0.495 e. The summed E-state index contributed by atoms with van der Waals surface area (Å²) in [6, 6.07) is 11.7. The standard InChI is InChI=1S/C48H47F2N14OS2/c1-29-39(23-56-63(29)36-6-10-58(3)11-7-36)32-15-43(45-34(18-51)21-55-61(45)27-32)66-47-41(49)14-31(20-53-47)25-60-26-35(19-52)46-44(67-48-42(50)17-38(65-5)22-54-48)16-33(28-62(46)60)40-24-57-64(30(40)2)37-8-12-59(4)13-9-37/h14-17,20-24,26-28,36-37H,6-13,25H2,1-5H3/q+1. The predicted molar refractivity (Wildman–Crippen MR) is 248 cm³/mol. The highest BCUT2D eigenvalue weighted by Gasteiger charge is 2.28. The topological polar surface area (TPSA) is 150 Å². The summed E-state index contributed by atoms with van der Waals surface area (Å²) in [5, 5.41) is 34.9. The largest absolute Gasteiger partial charge is 0.495 e. The van der Waals surface area contributed by atoms with Gasteiger partial charge in [-0.15, -0.1) is 9.20 Å². The second-order valence-corrected chi connectivity index (χ2v) is 19.4. The van der Waals surface area contributed by atoms with Crippen LogP contribution in [0.25, 0.3) is 33.3 Å². The van der Waals surface area contributed by atoms with E-state index in [0.717, 1.165) is 109 Å². The lowest BCUT2D eigenvalue weighted by Gasteiger charge is -2.29. The van der Waals surface area contributed by atoms with Crippen LogP contribution in [0.15, 0.2) is 93.7 Å². The van der Waals surface area contributed by atoms with E-state index in [1.807, 2.05) is 46.1 Å². The van der Waals surface area contributed by atoms with Crippen LogP contribution in [0.3, 0.4) is 0 Å². The molecule has 0 unspecified atom stereocenters. The maximum absolute atomic E-state index is 16.4. The van der Waals surface area contributed by atoms with Crippen LogP contribution in [-0.4, -0.2) is 101 Å². The fourth-order valence-electron chi connectivity index (χ4n) is 9.35. The van der Waals surface area contributed by atoms with E-state index >= 15 is 8.78 Å².